The first-order valence-corrected chi connectivity index (χ1v) is 4.57. The molecule has 5 heteroatoms. The molecule has 0 amide bonds. The van der Waals surface area contributed by atoms with Crippen molar-refractivity contribution in [2.45, 2.75) is 25.8 Å². The highest BCUT2D eigenvalue weighted by molar-refractivity contribution is 5.85. The smallest absolute Gasteiger partial charge is 0.200 e. The Balaban J connectivity index is 0.00000196. The first-order chi connectivity index (χ1) is 6.57. The molecule has 0 spiro atoms. The van der Waals surface area contributed by atoms with Gasteiger partial charge in [0.2, 0.25) is 5.75 Å². The second kappa shape index (κ2) is 5.68. The highest BCUT2D eigenvalue weighted by atomic mass is 35.5. The van der Waals surface area contributed by atoms with Crippen molar-refractivity contribution in [1.82, 2.24) is 0 Å². The largest absolute Gasteiger partial charge is 0.504 e. The molecule has 0 aliphatic heterocycles. The van der Waals surface area contributed by atoms with E-state index < -0.39 is 5.75 Å². The highest BCUT2D eigenvalue weighted by Gasteiger charge is 2.15. The van der Waals surface area contributed by atoms with E-state index in [1.807, 2.05) is 6.92 Å². The summed E-state index contributed by atoms with van der Waals surface area (Å²) in [5.74, 6) is -1.17. The van der Waals surface area contributed by atoms with Gasteiger partial charge in [-0.2, -0.15) is 0 Å². The van der Waals surface area contributed by atoms with E-state index in [0.717, 1.165) is 12.8 Å². The Hall–Kier alpha value is -1.13. The number of benzene rings is 1. The molecule has 4 nitrogen and oxygen atoms in total. The number of nitrogens with two attached hydrogens (primary N) is 1. The standard InChI is InChI=1S/C10H15NO3.ClH/c1-2-3-7(11)6-4-5-8(12)10(14)9(6)13;/h4-5,7,12-14H,2-3,11H2,1H3;1H/t7-;/m1./s1. The topological polar surface area (TPSA) is 86.7 Å². The van der Waals surface area contributed by atoms with E-state index in [1.165, 1.54) is 12.1 Å². The molecule has 0 aliphatic carbocycles. The van der Waals surface area contributed by atoms with Crippen LogP contribution >= 0.6 is 12.4 Å². The van der Waals surface area contributed by atoms with Gasteiger partial charge in [-0.15, -0.1) is 12.4 Å². The number of rotatable bonds is 3. The predicted molar refractivity (Wildman–Crippen MR) is 60.5 cm³/mol. The number of hydrogen-bond donors (Lipinski definition) is 4. The Kier molecular flexibility index (Phi) is 5.25. The Bertz CT molecular complexity index is 331. The van der Waals surface area contributed by atoms with Gasteiger partial charge in [0.1, 0.15) is 0 Å². The van der Waals surface area contributed by atoms with Crippen LogP contribution in [0.15, 0.2) is 12.1 Å². The summed E-state index contributed by atoms with van der Waals surface area (Å²) in [7, 11) is 0. The molecule has 5 N–H and O–H groups in total. The number of hydrogen-bond acceptors (Lipinski definition) is 4. The molecule has 0 saturated carbocycles. The van der Waals surface area contributed by atoms with Crippen LogP contribution in [0.4, 0.5) is 0 Å². The van der Waals surface area contributed by atoms with Crippen molar-refractivity contribution in [1.29, 1.82) is 0 Å². The second-order valence-electron chi connectivity index (χ2n) is 3.27. The van der Waals surface area contributed by atoms with E-state index in [-0.39, 0.29) is 29.9 Å². The summed E-state index contributed by atoms with van der Waals surface area (Å²) in [6.45, 7) is 1.98. The zero-order valence-corrected chi connectivity index (χ0v) is 9.29. The highest BCUT2D eigenvalue weighted by Crippen LogP contribution is 2.39. The minimum absolute atomic E-state index is 0. The third-order valence-electron chi connectivity index (χ3n) is 2.16. The number of phenols is 3. The molecule has 15 heavy (non-hydrogen) atoms. The zero-order chi connectivity index (χ0) is 10.7. The van der Waals surface area contributed by atoms with Crippen molar-refractivity contribution >= 4 is 12.4 Å². The van der Waals surface area contributed by atoms with Crippen LogP contribution in [0.1, 0.15) is 31.4 Å². The van der Waals surface area contributed by atoms with Gasteiger partial charge in [-0.05, 0) is 18.6 Å². The van der Waals surface area contributed by atoms with Gasteiger partial charge in [-0.1, -0.05) is 13.3 Å². The molecule has 1 aromatic carbocycles. The van der Waals surface area contributed by atoms with Gasteiger partial charge in [0, 0.05) is 11.6 Å². The second-order valence-corrected chi connectivity index (χ2v) is 3.27. The van der Waals surface area contributed by atoms with E-state index in [9.17, 15) is 10.2 Å². The molecular formula is C10H16ClNO3. The molecule has 0 bridgehead atoms. The lowest BCUT2D eigenvalue weighted by Crippen LogP contribution is -2.09. The van der Waals surface area contributed by atoms with Crippen molar-refractivity contribution in [2.24, 2.45) is 5.73 Å². The van der Waals surface area contributed by atoms with Gasteiger partial charge in [0.05, 0.1) is 0 Å². The monoisotopic (exact) mass is 233 g/mol. The van der Waals surface area contributed by atoms with Gasteiger partial charge in [0.15, 0.2) is 11.5 Å². The van der Waals surface area contributed by atoms with Crippen LogP contribution in [0.5, 0.6) is 17.2 Å². The Morgan fingerprint density at radius 2 is 1.80 bits per heavy atom. The molecule has 0 saturated heterocycles. The summed E-state index contributed by atoms with van der Waals surface area (Å²) < 4.78 is 0. The van der Waals surface area contributed by atoms with Crippen molar-refractivity contribution in [3.63, 3.8) is 0 Å². The SMILES string of the molecule is CCC[C@@H](N)c1ccc(O)c(O)c1O.Cl. The summed E-state index contributed by atoms with van der Waals surface area (Å²) >= 11 is 0. The van der Waals surface area contributed by atoms with Gasteiger partial charge in [0.25, 0.3) is 0 Å². The number of halogens is 1. The van der Waals surface area contributed by atoms with Crippen LogP contribution in [0.2, 0.25) is 0 Å². The molecule has 1 rings (SSSR count). The van der Waals surface area contributed by atoms with Crippen molar-refractivity contribution in [2.75, 3.05) is 0 Å². The van der Waals surface area contributed by atoms with Crippen LogP contribution in [-0.2, 0) is 0 Å². The molecule has 0 radical (unpaired) electrons. The van der Waals surface area contributed by atoms with Crippen molar-refractivity contribution < 1.29 is 15.3 Å². The molecule has 0 unspecified atom stereocenters. The van der Waals surface area contributed by atoms with Gasteiger partial charge in [-0.3, -0.25) is 0 Å². The average molecular weight is 234 g/mol. The predicted octanol–water partition coefficient (Wildman–Crippen LogP) is 2.03. The third kappa shape index (κ3) is 2.91. The molecular weight excluding hydrogens is 218 g/mol. The first kappa shape index (κ1) is 13.9. The van der Waals surface area contributed by atoms with Crippen LogP contribution in [-0.4, -0.2) is 15.3 Å². The fraction of sp³-hybridized carbons (Fsp3) is 0.400. The summed E-state index contributed by atoms with van der Waals surface area (Å²) in [5.41, 5.74) is 6.23. The van der Waals surface area contributed by atoms with Gasteiger partial charge < -0.3 is 21.1 Å². The molecule has 0 aromatic heterocycles. The van der Waals surface area contributed by atoms with Crippen LogP contribution in [0.25, 0.3) is 0 Å². The summed E-state index contributed by atoms with van der Waals surface area (Å²) in [6, 6.07) is 2.52. The number of aromatic hydroxyl groups is 3. The molecule has 0 aliphatic rings. The minimum atomic E-state index is -0.506. The van der Waals surface area contributed by atoms with E-state index in [4.69, 9.17) is 10.8 Å². The maximum atomic E-state index is 9.49. The van der Waals surface area contributed by atoms with Gasteiger partial charge >= 0.3 is 0 Å². The average Bonchev–Trinajstić information content (AvgIpc) is 2.15. The number of phenolic OH excluding ortho intramolecular Hbond substituents is 3. The van der Waals surface area contributed by atoms with Crippen molar-refractivity contribution in [3.05, 3.63) is 17.7 Å². The summed E-state index contributed by atoms with van der Waals surface area (Å²) in [4.78, 5) is 0. The fourth-order valence-electron chi connectivity index (χ4n) is 1.35. The minimum Gasteiger partial charge on any atom is -0.504 e. The van der Waals surface area contributed by atoms with Crippen LogP contribution in [0, 0.1) is 0 Å². The Morgan fingerprint density at radius 1 is 1.20 bits per heavy atom. The van der Waals surface area contributed by atoms with Gasteiger partial charge in [-0.25, -0.2) is 0 Å². The molecule has 0 heterocycles. The lowest BCUT2D eigenvalue weighted by molar-refractivity contribution is 0.362. The Morgan fingerprint density at radius 3 is 2.33 bits per heavy atom. The molecule has 1 aromatic rings. The van der Waals surface area contributed by atoms with E-state index in [2.05, 4.69) is 0 Å². The van der Waals surface area contributed by atoms with E-state index >= 15 is 0 Å². The van der Waals surface area contributed by atoms with E-state index in [1.54, 1.807) is 0 Å². The van der Waals surface area contributed by atoms with Crippen LogP contribution in [0.3, 0.4) is 0 Å². The fourth-order valence-corrected chi connectivity index (χ4v) is 1.35. The summed E-state index contributed by atoms with van der Waals surface area (Å²) in [5, 5.41) is 27.8. The first-order valence-electron chi connectivity index (χ1n) is 4.57. The maximum Gasteiger partial charge on any atom is 0.200 e. The maximum absolute atomic E-state index is 9.49. The lowest BCUT2D eigenvalue weighted by atomic mass is 10.0. The van der Waals surface area contributed by atoms with Crippen LogP contribution < -0.4 is 5.73 Å². The summed E-state index contributed by atoms with van der Waals surface area (Å²) in [6.07, 6.45) is 1.61. The molecule has 1 atom stereocenters. The lowest BCUT2D eigenvalue weighted by Gasteiger charge is -2.13. The molecule has 86 valence electrons. The van der Waals surface area contributed by atoms with E-state index in [0.29, 0.717) is 5.56 Å². The third-order valence-corrected chi connectivity index (χ3v) is 2.16. The molecule has 0 fully saturated rings. The quantitative estimate of drug-likeness (QED) is 0.602. The Labute approximate surface area is 94.8 Å². The zero-order valence-electron chi connectivity index (χ0n) is 8.47. The normalized spacial score (nSPS) is 11.9. The van der Waals surface area contributed by atoms with Crippen molar-refractivity contribution in [3.8, 4) is 17.2 Å².